The quantitative estimate of drug-likeness (QED) is 0.759. The summed E-state index contributed by atoms with van der Waals surface area (Å²) in [6, 6.07) is 4.10. The van der Waals surface area contributed by atoms with Crippen molar-refractivity contribution in [2.75, 3.05) is 0 Å². The second kappa shape index (κ2) is 4.55. The van der Waals surface area contributed by atoms with Crippen LogP contribution in [0.25, 0.3) is 0 Å². The highest BCUT2D eigenvalue weighted by Crippen LogP contribution is 2.32. The molecule has 0 fully saturated rings. The molecule has 1 nitrogen and oxygen atoms in total. The zero-order valence-electron chi connectivity index (χ0n) is 7.62. The monoisotopic (exact) mass is 288 g/mol. The van der Waals surface area contributed by atoms with Gasteiger partial charge in [-0.15, -0.1) is 23.1 Å². The SMILES string of the molecule is Cc1occc1SCc1sccc1Br. The summed E-state index contributed by atoms with van der Waals surface area (Å²) < 4.78 is 6.44. The first-order chi connectivity index (χ1) is 6.77. The van der Waals surface area contributed by atoms with E-state index in [1.165, 1.54) is 14.2 Å². The molecule has 0 amide bonds. The van der Waals surface area contributed by atoms with Crippen molar-refractivity contribution < 1.29 is 4.42 Å². The van der Waals surface area contributed by atoms with Crippen molar-refractivity contribution in [3.8, 4) is 0 Å². The van der Waals surface area contributed by atoms with Crippen molar-refractivity contribution in [3.05, 3.63) is 38.9 Å². The van der Waals surface area contributed by atoms with Gasteiger partial charge < -0.3 is 4.42 Å². The molecule has 0 aliphatic heterocycles. The van der Waals surface area contributed by atoms with Gasteiger partial charge in [0.25, 0.3) is 0 Å². The average molecular weight is 289 g/mol. The van der Waals surface area contributed by atoms with Crippen molar-refractivity contribution in [1.29, 1.82) is 0 Å². The highest BCUT2D eigenvalue weighted by atomic mass is 79.9. The summed E-state index contributed by atoms with van der Waals surface area (Å²) in [7, 11) is 0. The van der Waals surface area contributed by atoms with E-state index in [9.17, 15) is 0 Å². The van der Waals surface area contributed by atoms with Gasteiger partial charge in [0.15, 0.2) is 0 Å². The van der Waals surface area contributed by atoms with Gasteiger partial charge in [-0.25, -0.2) is 0 Å². The Morgan fingerprint density at radius 2 is 2.36 bits per heavy atom. The normalized spacial score (nSPS) is 10.7. The molecule has 0 spiro atoms. The average Bonchev–Trinajstić information content (AvgIpc) is 2.72. The Bertz CT molecular complexity index is 379. The third-order valence-electron chi connectivity index (χ3n) is 1.86. The maximum Gasteiger partial charge on any atom is 0.114 e. The number of hydrogen-bond acceptors (Lipinski definition) is 3. The maximum absolute atomic E-state index is 5.24. The molecule has 0 aromatic carbocycles. The van der Waals surface area contributed by atoms with Gasteiger partial charge in [0.1, 0.15) is 5.76 Å². The number of halogens is 1. The Morgan fingerprint density at radius 1 is 1.50 bits per heavy atom. The fourth-order valence-corrected chi connectivity index (χ4v) is 3.85. The summed E-state index contributed by atoms with van der Waals surface area (Å²) in [6.07, 6.45) is 1.74. The minimum absolute atomic E-state index is 0.999. The molecular formula is C10H9BrOS2. The van der Waals surface area contributed by atoms with E-state index in [1.54, 1.807) is 17.6 Å². The zero-order chi connectivity index (χ0) is 9.97. The van der Waals surface area contributed by atoms with Gasteiger partial charge in [0.2, 0.25) is 0 Å². The van der Waals surface area contributed by atoms with Crippen molar-refractivity contribution in [2.45, 2.75) is 17.6 Å². The molecule has 2 heterocycles. The highest BCUT2D eigenvalue weighted by molar-refractivity contribution is 9.10. The van der Waals surface area contributed by atoms with E-state index in [4.69, 9.17) is 4.42 Å². The molecule has 2 aromatic rings. The van der Waals surface area contributed by atoms with E-state index in [-0.39, 0.29) is 0 Å². The molecule has 0 saturated heterocycles. The fraction of sp³-hybridized carbons (Fsp3) is 0.200. The molecule has 0 saturated carbocycles. The molecule has 14 heavy (non-hydrogen) atoms. The van der Waals surface area contributed by atoms with Crippen LogP contribution in [0.1, 0.15) is 10.6 Å². The first-order valence-corrected chi connectivity index (χ1v) is 6.82. The van der Waals surface area contributed by atoms with E-state index in [0.29, 0.717) is 0 Å². The Hall–Kier alpha value is -0.190. The number of thiophene rings is 1. The lowest BCUT2D eigenvalue weighted by atomic mass is 10.5. The van der Waals surface area contributed by atoms with Crippen molar-refractivity contribution in [1.82, 2.24) is 0 Å². The predicted molar refractivity (Wildman–Crippen MR) is 65.0 cm³/mol. The summed E-state index contributed by atoms with van der Waals surface area (Å²) in [4.78, 5) is 2.60. The largest absolute Gasteiger partial charge is 0.468 e. The first kappa shape index (κ1) is 10.3. The number of hydrogen-bond donors (Lipinski definition) is 0. The van der Waals surface area contributed by atoms with Crippen LogP contribution in [-0.2, 0) is 5.75 Å². The van der Waals surface area contributed by atoms with Crippen LogP contribution in [0.15, 0.2) is 37.6 Å². The standard InChI is InChI=1S/C10H9BrOS2/c1-7-9(2-4-12-7)14-6-10-8(11)3-5-13-10/h2-5H,6H2,1H3. The van der Waals surface area contributed by atoms with Crippen LogP contribution < -0.4 is 0 Å². The molecule has 0 unspecified atom stereocenters. The fourth-order valence-electron chi connectivity index (χ4n) is 1.09. The van der Waals surface area contributed by atoms with E-state index >= 15 is 0 Å². The van der Waals surface area contributed by atoms with Gasteiger partial charge in [-0.1, -0.05) is 0 Å². The number of aryl methyl sites for hydroxylation is 1. The Labute approximate surface area is 99.6 Å². The topological polar surface area (TPSA) is 13.1 Å². The number of furan rings is 1. The third-order valence-corrected chi connectivity index (χ3v) is 5.14. The van der Waals surface area contributed by atoms with Crippen LogP contribution in [0.2, 0.25) is 0 Å². The van der Waals surface area contributed by atoms with Crippen LogP contribution in [0.3, 0.4) is 0 Å². The molecule has 2 aromatic heterocycles. The van der Waals surface area contributed by atoms with Crippen LogP contribution in [-0.4, -0.2) is 0 Å². The molecule has 2 rings (SSSR count). The molecule has 0 atom stereocenters. The summed E-state index contributed by atoms with van der Waals surface area (Å²) in [5, 5.41) is 2.10. The lowest BCUT2D eigenvalue weighted by Crippen LogP contribution is -1.75. The van der Waals surface area contributed by atoms with Gasteiger partial charge in [0, 0.05) is 20.0 Å². The molecular weight excluding hydrogens is 280 g/mol. The van der Waals surface area contributed by atoms with Gasteiger partial charge in [-0.3, -0.25) is 0 Å². The third kappa shape index (κ3) is 2.24. The molecule has 0 bridgehead atoms. The summed E-state index contributed by atoms with van der Waals surface area (Å²) >= 11 is 7.11. The lowest BCUT2D eigenvalue weighted by molar-refractivity contribution is 0.527. The minimum atomic E-state index is 0.999. The second-order valence-electron chi connectivity index (χ2n) is 2.82. The van der Waals surface area contributed by atoms with Crippen molar-refractivity contribution >= 4 is 39.0 Å². The van der Waals surface area contributed by atoms with Crippen molar-refractivity contribution in [3.63, 3.8) is 0 Å². The summed E-state index contributed by atoms with van der Waals surface area (Å²) in [5.41, 5.74) is 0. The Morgan fingerprint density at radius 3 is 2.93 bits per heavy atom. The highest BCUT2D eigenvalue weighted by Gasteiger charge is 2.05. The smallest absolute Gasteiger partial charge is 0.114 e. The van der Waals surface area contributed by atoms with E-state index < -0.39 is 0 Å². The Kier molecular flexibility index (Phi) is 3.36. The second-order valence-corrected chi connectivity index (χ2v) is 5.69. The van der Waals surface area contributed by atoms with Gasteiger partial charge in [-0.2, -0.15) is 0 Å². The number of thioether (sulfide) groups is 1. The molecule has 0 N–H and O–H groups in total. The summed E-state index contributed by atoms with van der Waals surface area (Å²) in [5.74, 6) is 2.00. The lowest BCUT2D eigenvalue weighted by Gasteiger charge is -1.97. The van der Waals surface area contributed by atoms with Gasteiger partial charge >= 0.3 is 0 Å². The zero-order valence-corrected chi connectivity index (χ0v) is 10.8. The van der Waals surface area contributed by atoms with E-state index in [0.717, 1.165) is 11.5 Å². The molecule has 0 aliphatic carbocycles. The van der Waals surface area contributed by atoms with E-state index in [1.807, 2.05) is 24.8 Å². The van der Waals surface area contributed by atoms with Crippen LogP contribution >= 0.6 is 39.0 Å². The van der Waals surface area contributed by atoms with Crippen LogP contribution in [0, 0.1) is 6.92 Å². The minimum Gasteiger partial charge on any atom is -0.468 e. The molecule has 4 heteroatoms. The van der Waals surface area contributed by atoms with Gasteiger partial charge in [-0.05, 0) is 40.4 Å². The predicted octanol–water partition coefficient (Wildman–Crippen LogP) is 4.70. The molecule has 0 radical (unpaired) electrons. The molecule has 74 valence electrons. The molecule has 0 aliphatic rings. The summed E-state index contributed by atoms with van der Waals surface area (Å²) in [6.45, 7) is 1.99. The van der Waals surface area contributed by atoms with Crippen molar-refractivity contribution in [2.24, 2.45) is 0 Å². The van der Waals surface area contributed by atoms with E-state index in [2.05, 4.69) is 27.4 Å². The van der Waals surface area contributed by atoms with Crippen LogP contribution in [0.4, 0.5) is 0 Å². The maximum atomic E-state index is 5.24. The first-order valence-electron chi connectivity index (χ1n) is 4.16. The Balaban J connectivity index is 2.02. The van der Waals surface area contributed by atoms with Crippen LogP contribution in [0.5, 0.6) is 0 Å². The number of rotatable bonds is 3. The van der Waals surface area contributed by atoms with Gasteiger partial charge in [0.05, 0.1) is 6.26 Å².